The van der Waals surface area contributed by atoms with Crippen molar-refractivity contribution in [2.24, 2.45) is 5.41 Å². The van der Waals surface area contributed by atoms with E-state index in [0.717, 1.165) is 12.1 Å². The zero-order valence-corrected chi connectivity index (χ0v) is 19.0. The van der Waals surface area contributed by atoms with Gasteiger partial charge in [-0.1, -0.05) is 37.6 Å². The summed E-state index contributed by atoms with van der Waals surface area (Å²) in [6.07, 6.45) is 0. The van der Waals surface area contributed by atoms with Gasteiger partial charge >= 0.3 is 0 Å². The van der Waals surface area contributed by atoms with Gasteiger partial charge in [0.25, 0.3) is 15.9 Å². The average Bonchev–Trinajstić information content (AvgIpc) is 2.58. The Hall–Kier alpha value is -2.09. The van der Waals surface area contributed by atoms with E-state index >= 15 is 0 Å². The zero-order valence-electron chi connectivity index (χ0n) is 17.4. The lowest BCUT2D eigenvalue weighted by Crippen LogP contribution is -2.40. The molecule has 0 spiro atoms. The highest BCUT2D eigenvalue weighted by molar-refractivity contribution is 7.92. The molecular weight excluding hydrogens is 410 g/mol. The quantitative estimate of drug-likeness (QED) is 0.658. The van der Waals surface area contributed by atoms with Crippen molar-refractivity contribution in [1.29, 1.82) is 0 Å². The minimum absolute atomic E-state index is 0.0268. The summed E-state index contributed by atoms with van der Waals surface area (Å²) in [6.45, 7) is 7.18. The number of nitrogens with zero attached hydrogens (tertiary/aromatic N) is 1. The maximum atomic E-state index is 12.7. The molecule has 0 atom stereocenters. The molecule has 0 heterocycles. The lowest BCUT2D eigenvalue weighted by Gasteiger charge is -2.28. The zero-order chi connectivity index (χ0) is 21.8. The minimum atomic E-state index is -3.86. The number of sulfonamides is 1. The van der Waals surface area contributed by atoms with Crippen LogP contribution in [0.2, 0.25) is 5.02 Å². The first-order valence-corrected chi connectivity index (χ1v) is 11.1. The molecule has 1 amide bonds. The van der Waals surface area contributed by atoms with Crippen molar-refractivity contribution in [1.82, 2.24) is 10.2 Å². The summed E-state index contributed by atoms with van der Waals surface area (Å²) in [7, 11) is 0.0791. The van der Waals surface area contributed by atoms with Crippen LogP contribution in [0.3, 0.4) is 0 Å². The number of aryl methyl sites for hydroxylation is 1. The second kappa shape index (κ2) is 9.15. The van der Waals surface area contributed by atoms with Crippen LogP contribution in [0.15, 0.2) is 47.4 Å². The second-order valence-corrected chi connectivity index (χ2v) is 10.3. The SMILES string of the molecule is Cc1cccc(NS(=O)(=O)c2ccc(Cl)c(C(=O)NCC(C)(C)CN(C)C)c2)c1. The van der Waals surface area contributed by atoms with Gasteiger partial charge in [0.15, 0.2) is 0 Å². The van der Waals surface area contributed by atoms with Gasteiger partial charge in [0.05, 0.1) is 15.5 Å². The smallest absolute Gasteiger partial charge is 0.261 e. The summed E-state index contributed by atoms with van der Waals surface area (Å²) in [4.78, 5) is 14.7. The molecular formula is C21H28ClN3O3S. The largest absolute Gasteiger partial charge is 0.351 e. The number of carbonyl (C=O) groups excluding carboxylic acids is 1. The van der Waals surface area contributed by atoms with Crippen LogP contribution in [0.25, 0.3) is 0 Å². The van der Waals surface area contributed by atoms with Crippen LogP contribution in [0, 0.1) is 12.3 Å². The second-order valence-electron chi connectivity index (χ2n) is 8.20. The van der Waals surface area contributed by atoms with Crippen molar-refractivity contribution in [3.8, 4) is 0 Å². The third-order valence-electron chi connectivity index (χ3n) is 4.23. The Bertz CT molecular complexity index is 988. The molecule has 29 heavy (non-hydrogen) atoms. The summed E-state index contributed by atoms with van der Waals surface area (Å²) in [5.41, 5.74) is 1.36. The van der Waals surface area contributed by atoms with E-state index in [1.807, 2.05) is 45.8 Å². The number of nitrogens with one attached hydrogen (secondary N) is 2. The van der Waals surface area contributed by atoms with Gasteiger partial charge in [-0.05, 0) is 62.3 Å². The van der Waals surface area contributed by atoms with Crippen molar-refractivity contribution in [2.45, 2.75) is 25.7 Å². The Balaban J connectivity index is 2.21. The maximum absolute atomic E-state index is 12.7. The van der Waals surface area contributed by atoms with Crippen LogP contribution in [0.5, 0.6) is 0 Å². The number of rotatable bonds is 8. The van der Waals surface area contributed by atoms with Crippen molar-refractivity contribution in [3.63, 3.8) is 0 Å². The number of hydrogen-bond acceptors (Lipinski definition) is 4. The van der Waals surface area contributed by atoms with Gasteiger partial charge in [-0.2, -0.15) is 0 Å². The Morgan fingerprint density at radius 1 is 1.14 bits per heavy atom. The molecule has 0 saturated carbocycles. The third-order valence-corrected chi connectivity index (χ3v) is 5.94. The number of amides is 1. The van der Waals surface area contributed by atoms with E-state index < -0.39 is 15.9 Å². The Morgan fingerprint density at radius 2 is 1.83 bits per heavy atom. The number of halogens is 1. The standard InChI is InChI=1S/C21H28ClN3O3S/c1-15-7-6-8-16(11-15)24-29(27,28)17-9-10-19(22)18(12-17)20(26)23-13-21(2,3)14-25(4)5/h6-12,24H,13-14H2,1-5H3,(H,23,26). The highest BCUT2D eigenvalue weighted by Gasteiger charge is 2.23. The van der Waals surface area contributed by atoms with Crippen LogP contribution in [0.1, 0.15) is 29.8 Å². The van der Waals surface area contributed by atoms with Gasteiger partial charge in [-0.15, -0.1) is 0 Å². The normalized spacial score (nSPS) is 12.1. The Kier molecular flexibility index (Phi) is 7.32. The average molecular weight is 438 g/mol. The fourth-order valence-corrected chi connectivity index (χ4v) is 4.37. The molecule has 2 aromatic carbocycles. The van der Waals surface area contributed by atoms with E-state index in [9.17, 15) is 13.2 Å². The Morgan fingerprint density at radius 3 is 2.45 bits per heavy atom. The van der Waals surface area contributed by atoms with Gasteiger partial charge in [0, 0.05) is 18.8 Å². The lowest BCUT2D eigenvalue weighted by atomic mass is 9.93. The lowest BCUT2D eigenvalue weighted by molar-refractivity contribution is 0.0929. The molecule has 0 saturated heterocycles. The van der Waals surface area contributed by atoms with E-state index in [1.54, 1.807) is 18.2 Å². The molecule has 2 N–H and O–H groups in total. The van der Waals surface area contributed by atoms with E-state index in [0.29, 0.717) is 12.2 Å². The number of carbonyl (C=O) groups is 1. The van der Waals surface area contributed by atoms with Crippen LogP contribution in [-0.2, 0) is 10.0 Å². The number of benzene rings is 2. The molecule has 0 bridgehead atoms. The monoisotopic (exact) mass is 437 g/mol. The van der Waals surface area contributed by atoms with E-state index in [2.05, 4.69) is 10.0 Å². The molecule has 6 nitrogen and oxygen atoms in total. The van der Waals surface area contributed by atoms with Crippen LogP contribution < -0.4 is 10.0 Å². The molecule has 2 rings (SSSR count). The number of hydrogen-bond donors (Lipinski definition) is 2. The van der Waals surface area contributed by atoms with Crippen molar-refractivity contribution in [2.75, 3.05) is 31.9 Å². The van der Waals surface area contributed by atoms with Gasteiger partial charge in [0.2, 0.25) is 0 Å². The predicted molar refractivity (Wildman–Crippen MR) is 118 cm³/mol. The summed E-state index contributed by atoms with van der Waals surface area (Å²) in [5, 5.41) is 3.05. The van der Waals surface area contributed by atoms with Gasteiger partial charge < -0.3 is 10.2 Å². The fraction of sp³-hybridized carbons (Fsp3) is 0.381. The first kappa shape index (κ1) is 23.2. The van der Waals surface area contributed by atoms with Crippen molar-refractivity contribution in [3.05, 3.63) is 58.6 Å². The molecule has 2 aromatic rings. The van der Waals surface area contributed by atoms with E-state index in [4.69, 9.17) is 11.6 Å². The number of anilines is 1. The van der Waals surface area contributed by atoms with E-state index in [1.165, 1.54) is 18.2 Å². The highest BCUT2D eigenvalue weighted by Crippen LogP contribution is 2.23. The van der Waals surface area contributed by atoms with Gasteiger partial charge in [-0.3, -0.25) is 9.52 Å². The Labute approximate surface area is 178 Å². The highest BCUT2D eigenvalue weighted by atomic mass is 35.5. The molecule has 8 heteroatoms. The molecule has 0 radical (unpaired) electrons. The van der Waals surface area contributed by atoms with Gasteiger partial charge in [-0.25, -0.2) is 8.42 Å². The summed E-state index contributed by atoms with van der Waals surface area (Å²) >= 11 is 6.17. The minimum Gasteiger partial charge on any atom is -0.351 e. The first-order valence-electron chi connectivity index (χ1n) is 9.22. The topological polar surface area (TPSA) is 78.5 Å². The predicted octanol–water partition coefficient (Wildman–Crippen LogP) is 3.77. The molecule has 0 aliphatic rings. The first-order chi connectivity index (χ1) is 13.4. The maximum Gasteiger partial charge on any atom is 0.261 e. The van der Waals surface area contributed by atoms with Gasteiger partial charge in [0.1, 0.15) is 0 Å². The summed E-state index contributed by atoms with van der Waals surface area (Å²) in [6, 6.07) is 11.1. The molecule has 0 aliphatic carbocycles. The summed E-state index contributed by atoms with van der Waals surface area (Å²) < 4.78 is 28.0. The molecule has 0 aromatic heterocycles. The van der Waals surface area contributed by atoms with Crippen molar-refractivity contribution < 1.29 is 13.2 Å². The molecule has 0 unspecified atom stereocenters. The third kappa shape index (κ3) is 6.73. The van der Waals surface area contributed by atoms with Crippen LogP contribution >= 0.6 is 11.6 Å². The summed E-state index contributed by atoms with van der Waals surface area (Å²) in [5.74, 6) is -0.408. The molecule has 158 valence electrons. The molecule has 0 fully saturated rings. The van der Waals surface area contributed by atoms with E-state index in [-0.39, 0.29) is 20.9 Å². The molecule has 0 aliphatic heterocycles. The van der Waals surface area contributed by atoms with Crippen molar-refractivity contribution >= 4 is 33.2 Å². The fourth-order valence-electron chi connectivity index (χ4n) is 3.09. The van der Waals surface area contributed by atoms with Crippen LogP contribution in [-0.4, -0.2) is 46.4 Å². The van der Waals surface area contributed by atoms with Crippen LogP contribution in [0.4, 0.5) is 5.69 Å².